The molecule has 0 aromatic carbocycles. The number of rotatable bonds is 6. The summed E-state index contributed by atoms with van der Waals surface area (Å²) in [6.45, 7) is 5.51. The second-order valence-electron chi connectivity index (χ2n) is 4.92. The lowest BCUT2D eigenvalue weighted by molar-refractivity contribution is -0.142. The van der Waals surface area contributed by atoms with Crippen LogP contribution in [0, 0.1) is 5.92 Å². The van der Waals surface area contributed by atoms with E-state index in [-0.39, 0.29) is 12.4 Å². The molecule has 1 atom stereocenters. The summed E-state index contributed by atoms with van der Waals surface area (Å²) in [5, 5.41) is 6.18. The second-order valence-corrected chi connectivity index (χ2v) is 5.78. The average Bonchev–Trinajstić information content (AvgIpc) is 2.96. The van der Waals surface area contributed by atoms with E-state index in [0.29, 0.717) is 12.5 Å². The zero-order chi connectivity index (χ0) is 13.7. The summed E-state index contributed by atoms with van der Waals surface area (Å²) < 4.78 is 4.91. The topological polar surface area (TPSA) is 54.5 Å². The Morgan fingerprint density at radius 2 is 2.53 bits per heavy atom. The van der Waals surface area contributed by atoms with Crippen molar-refractivity contribution in [3.8, 4) is 0 Å². The summed E-state index contributed by atoms with van der Waals surface area (Å²) >= 11 is 1.55. The van der Waals surface area contributed by atoms with E-state index in [1.54, 1.807) is 11.3 Å². The number of nitrogens with one attached hydrogen (secondary N) is 1. The number of ether oxygens (including phenoxy) is 1. The Kier molecular flexibility index (Phi) is 5.15. The number of hydrogen-bond acceptors (Lipinski definition) is 6. The Morgan fingerprint density at radius 3 is 3.21 bits per heavy atom. The molecule has 2 rings (SSSR count). The van der Waals surface area contributed by atoms with Crippen molar-refractivity contribution in [1.29, 1.82) is 0 Å². The molecule has 1 aliphatic heterocycles. The lowest BCUT2D eigenvalue weighted by Gasteiger charge is -2.10. The smallest absolute Gasteiger partial charge is 0.311 e. The molecule has 0 aliphatic carbocycles. The van der Waals surface area contributed by atoms with Gasteiger partial charge in [0.15, 0.2) is 5.13 Å². The first-order chi connectivity index (χ1) is 9.17. The third-order valence-corrected chi connectivity index (χ3v) is 4.06. The van der Waals surface area contributed by atoms with Gasteiger partial charge >= 0.3 is 5.97 Å². The first-order valence-corrected chi connectivity index (χ1v) is 7.57. The fourth-order valence-corrected chi connectivity index (χ4v) is 2.97. The van der Waals surface area contributed by atoms with Crippen molar-refractivity contribution in [2.45, 2.75) is 19.8 Å². The molecule has 1 saturated heterocycles. The number of anilines is 1. The van der Waals surface area contributed by atoms with Crippen LogP contribution >= 0.6 is 11.3 Å². The van der Waals surface area contributed by atoms with Crippen molar-refractivity contribution < 1.29 is 9.53 Å². The van der Waals surface area contributed by atoms with Gasteiger partial charge in [-0.05, 0) is 32.9 Å². The molecule has 19 heavy (non-hydrogen) atoms. The van der Waals surface area contributed by atoms with Crippen molar-refractivity contribution in [1.82, 2.24) is 9.88 Å². The van der Waals surface area contributed by atoms with Gasteiger partial charge in [-0.1, -0.05) is 0 Å². The van der Waals surface area contributed by atoms with E-state index >= 15 is 0 Å². The van der Waals surface area contributed by atoms with Gasteiger partial charge in [0.2, 0.25) is 0 Å². The van der Waals surface area contributed by atoms with Crippen LogP contribution in [0.5, 0.6) is 0 Å². The highest BCUT2D eigenvalue weighted by Crippen LogP contribution is 2.19. The van der Waals surface area contributed by atoms with Gasteiger partial charge in [-0.15, -0.1) is 11.3 Å². The van der Waals surface area contributed by atoms with Gasteiger partial charge in [-0.2, -0.15) is 0 Å². The minimum atomic E-state index is -0.211. The number of esters is 1. The molecule has 1 aromatic heterocycles. The molecule has 2 heterocycles. The third kappa shape index (κ3) is 4.47. The summed E-state index contributed by atoms with van der Waals surface area (Å²) in [7, 11) is 2.15. The second kappa shape index (κ2) is 6.86. The molecular formula is C13H21N3O2S. The highest BCUT2D eigenvalue weighted by Gasteiger charge is 2.19. The van der Waals surface area contributed by atoms with E-state index in [9.17, 15) is 4.79 Å². The number of thiazole rings is 1. The Labute approximate surface area is 118 Å². The predicted molar refractivity (Wildman–Crippen MR) is 76.5 cm³/mol. The van der Waals surface area contributed by atoms with Crippen molar-refractivity contribution in [3.05, 3.63) is 11.1 Å². The van der Waals surface area contributed by atoms with Gasteiger partial charge in [0.25, 0.3) is 0 Å². The molecule has 1 unspecified atom stereocenters. The van der Waals surface area contributed by atoms with Crippen LogP contribution in [0.25, 0.3) is 0 Å². The maximum Gasteiger partial charge on any atom is 0.311 e. The summed E-state index contributed by atoms with van der Waals surface area (Å²) in [4.78, 5) is 18.1. The quantitative estimate of drug-likeness (QED) is 0.804. The van der Waals surface area contributed by atoms with E-state index in [1.807, 2.05) is 12.3 Å². The first kappa shape index (κ1) is 14.3. The Bertz CT molecular complexity index is 422. The predicted octanol–water partition coefficient (Wildman–Crippen LogP) is 1.61. The van der Waals surface area contributed by atoms with Crippen LogP contribution in [-0.2, 0) is 16.0 Å². The third-order valence-electron chi connectivity index (χ3n) is 3.21. The maximum absolute atomic E-state index is 11.3. The average molecular weight is 283 g/mol. The van der Waals surface area contributed by atoms with Gasteiger partial charge in [-0.3, -0.25) is 4.79 Å². The molecule has 0 saturated carbocycles. The molecule has 0 spiro atoms. The van der Waals surface area contributed by atoms with Gasteiger partial charge in [0.1, 0.15) is 0 Å². The standard InChI is InChI=1S/C13H21N3O2S/c1-3-18-12(17)6-11-9-19-13(15-11)14-7-10-4-5-16(2)8-10/h9-10H,3-8H2,1-2H3,(H,14,15). The largest absolute Gasteiger partial charge is 0.466 e. The van der Waals surface area contributed by atoms with Crippen molar-refractivity contribution in [2.24, 2.45) is 5.92 Å². The summed E-state index contributed by atoms with van der Waals surface area (Å²) in [5.74, 6) is 0.485. The number of carbonyl (C=O) groups excluding carboxylic acids is 1. The van der Waals surface area contributed by atoms with E-state index in [2.05, 4.69) is 22.2 Å². The normalized spacial score (nSPS) is 19.6. The zero-order valence-corrected chi connectivity index (χ0v) is 12.3. The van der Waals surface area contributed by atoms with Crippen molar-refractivity contribution >= 4 is 22.4 Å². The number of likely N-dealkylation sites (tertiary alicyclic amines) is 1. The number of hydrogen-bond donors (Lipinski definition) is 1. The minimum absolute atomic E-state index is 0.211. The van der Waals surface area contributed by atoms with Gasteiger partial charge in [0.05, 0.1) is 18.7 Å². The minimum Gasteiger partial charge on any atom is -0.466 e. The highest BCUT2D eigenvalue weighted by atomic mass is 32.1. The van der Waals surface area contributed by atoms with Crippen molar-refractivity contribution in [3.63, 3.8) is 0 Å². The van der Waals surface area contributed by atoms with Gasteiger partial charge in [-0.25, -0.2) is 4.98 Å². The molecule has 1 aromatic rings. The lowest BCUT2D eigenvalue weighted by atomic mass is 10.1. The molecule has 0 bridgehead atoms. The Morgan fingerprint density at radius 1 is 1.68 bits per heavy atom. The van der Waals surface area contributed by atoms with E-state index in [0.717, 1.165) is 23.9 Å². The number of carbonyl (C=O) groups is 1. The van der Waals surface area contributed by atoms with Crippen LogP contribution in [-0.4, -0.2) is 49.1 Å². The van der Waals surface area contributed by atoms with Crippen LogP contribution in [0.15, 0.2) is 5.38 Å². The fourth-order valence-electron chi connectivity index (χ4n) is 2.25. The number of aromatic nitrogens is 1. The van der Waals surface area contributed by atoms with Crippen LogP contribution in [0.4, 0.5) is 5.13 Å². The lowest BCUT2D eigenvalue weighted by Crippen LogP contribution is -2.19. The molecule has 1 N–H and O–H groups in total. The van der Waals surface area contributed by atoms with E-state index < -0.39 is 0 Å². The van der Waals surface area contributed by atoms with Crippen LogP contribution in [0.1, 0.15) is 19.0 Å². The molecule has 0 radical (unpaired) electrons. The van der Waals surface area contributed by atoms with Crippen LogP contribution < -0.4 is 5.32 Å². The zero-order valence-electron chi connectivity index (χ0n) is 11.5. The van der Waals surface area contributed by atoms with Gasteiger partial charge in [0, 0.05) is 18.5 Å². The monoisotopic (exact) mass is 283 g/mol. The molecule has 1 aliphatic rings. The first-order valence-electron chi connectivity index (χ1n) is 6.69. The molecule has 6 heteroatoms. The van der Waals surface area contributed by atoms with Crippen LogP contribution in [0.3, 0.4) is 0 Å². The Balaban J connectivity index is 1.76. The molecule has 106 valence electrons. The Hall–Kier alpha value is -1.14. The molecular weight excluding hydrogens is 262 g/mol. The molecule has 1 fully saturated rings. The number of nitrogens with zero attached hydrogens (tertiary/aromatic N) is 2. The van der Waals surface area contributed by atoms with E-state index in [4.69, 9.17) is 4.74 Å². The summed E-state index contributed by atoms with van der Waals surface area (Å²) in [6, 6.07) is 0. The molecule has 0 amide bonds. The summed E-state index contributed by atoms with van der Waals surface area (Å²) in [6.07, 6.45) is 1.50. The van der Waals surface area contributed by atoms with Crippen molar-refractivity contribution in [2.75, 3.05) is 38.6 Å². The van der Waals surface area contributed by atoms with Gasteiger partial charge < -0.3 is 15.0 Å². The fraction of sp³-hybridized carbons (Fsp3) is 0.692. The van der Waals surface area contributed by atoms with E-state index in [1.165, 1.54) is 13.0 Å². The highest BCUT2D eigenvalue weighted by molar-refractivity contribution is 7.13. The SMILES string of the molecule is CCOC(=O)Cc1csc(NCC2CCN(C)C2)n1. The van der Waals surface area contributed by atoms with Crippen LogP contribution in [0.2, 0.25) is 0 Å². The maximum atomic E-state index is 11.3. The molecule has 5 nitrogen and oxygen atoms in total. The summed E-state index contributed by atoms with van der Waals surface area (Å²) in [5.41, 5.74) is 0.787.